The van der Waals surface area contributed by atoms with Crippen molar-refractivity contribution in [2.24, 2.45) is 0 Å². The highest BCUT2D eigenvalue weighted by Crippen LogP contribution is 2.31. The van der Waals surface area contributed by atoms with Crippen LogP contribution in [0.25, 0.3) is 0 Å². The van der Waals surface area contributed by atoms with E-state index in [1.54, 1.807) is 12.1 Å². The molecule has 2 aromatic carbocycles. The summed E-state index contributed by atoms with van der Waals surface area (Å²) in [5.41, 5.74) is 1.93. The maximum absolute atomic E-state index is 12.2. The number of carbonyl (C=O) groups is 1. The number of anilines is 1. The van der Waals surface area contributed by atoms with Crippen LogP contribution in [0.1, 0.15) is 35.2 Å². The van der Waals surface area contributed by atoms with E-state index in [2.05, 4.69) is 22.8 Å². The van der Waals surface area contributed by atoms with Crippen LogP contribution >= 0.6 is 0 Å². The van der Waals surface area contributed by atoms with E-state index in [0.29, 0.717) is 37.9 Å². The minimum atomic E-state index is -0.456. The molecular formula is C21H25N3O4. The molecule has 1 aliphatic rings. The van der Waals surface area contributed by atoms with Gasteiger partial charge in [0.25, 0.3) is 11.6 Å². The zero-order valence-corrected chi connectivity index (χ0v) is 15.7. The monoisotopic (exact) mass is 383 g/mol. The van der Waals surface area contributed by atoms with Crippen molar-refractivity contribution in [2.75, 3.05) is 25.1 Å². The molecule has 0 aliphatic heterocycles. The van der Waals surface area contributed by atoms with Gasteiger partial charge in [0.15, 0.2) is 0 Å². The van der Waals surface area contributed by atoms with Crippen LogP contribution in [-0.4, -0.2) is 36.6 Å². The molecular weight excluding hydrogens is 358 g/mol. The molecule has 0 atom stereocenters. The van der Waals surface area contributed by atoms with Crippen molar-refractivity contribution < 1.29 is 14.5 Å². The number of nitro benzene ring substituents is 1. The lowest BCUT2D eigenvalue weighted by atomic mass is 10.1. The number of nitrogens with zero attached hydrogens (tertiary/aromatic N) is 1. The highest BCUT2D eigenvalue weighted by Gasteiger charge is 2.25. The second kappa shape index (κ2) is 9.85. The van der Waals surface area contributed by atoms with Gasteiger partial charge in [0.1, 0.15) is 5.69 Å². The van der Waals surface area contributed by atoms with E-state index in [4.69, 9.17) is 4.74 Å². The molecule has 0 radical (unpaired) electrons. The van der Waals surface area contributed by atoms with Gasteiger partial charge in [0, 0.05) is 30.8 Å². The second-order valence-electron chi connectivity index (χ2n) is 6.87. The molecule has 7 nitrogen and oxygen atoms in total. The number of ether oxygens (including phenoxy) is 1. The largest absolute Gasteiger partial charge is 0.381 e. The summed E-state index contributed by atoms with van der Waals surface area (Å²) in [6, 6.07) is 15.0. The zero-order chi connectivity index (χ0) is 19.8. The van der Waals surface area contributed by atoms with Crippen molar-refractivity contribution in [3.05, 3.63) is 69.8 Å². The Kier molecular flexibility index (Phi) is 6.97. The van der Waals surface area contributed by atoms with E-state index in [9.17, 15) is 14.9 Å². The van der Waals surface area contributed by atoms with E-state index in [1.165, 1.54) is 11.6 Å². The van der Waals surface area contributed by atoms with Crippen LogP contribution in [0.2, 0.25) is 0 Å². The number of carbonyl (C=O) groups excluding carboxylic acids is 1. The average molecular weight is 383 g/mol. The van der Waals surface area contributed by atoms with E-state index in [0.717, 1.165) is 19.3 Å². The Hall–Kier alpha value is -2.93. The topological polar surface area (TPSA) is 93.5 Å². The highest BCUT2D eigenvalue weighted by atomic mass is 16.6. The first-order valence-corrected chi connectivity index (χ1v) is 9.58. The number of benzene rings is 2. The molecule has 0 unspecified atom stereocenters. The Labute approximate surface area is 164 Å². The Balaban J connectivity index is 1.38. The Morgan fingerprint density at radius 1 is 1.14 bits per heavy atom. The normalized spacial score (nSPS) is 13.1. The molecule has 1 fully saturated rings. The molecule has 148 valence electrons. The molecule has 0 heterocycles. The van der Waals surface area contributed by atoms with Crippen LogP contribution in [-0.2, 0) is 11.2 Å². The van der Waals surface area contributed by atoms with E-state index in [-0.39, 0.29) is 17.2 Å². The third-order valence-electron chi connectivity index (χ3n) is 4.52. The van der Waals surface area contributed by atoms with Crippen LogP contribution in [0, 0.1) is 10.1 Å². The summed E-state index contributed by atoms with van der Waals surface area (Å²) in [5.74, 6) is -0.314. The maximum Gasteiger partial charge on any atom is 0.293 e. The number of hydrogen-bond donors (Lipinski definition) is 2. The zero-order valence-electron chi connectivity index (χ0n) is 15.7. The van der Waals surface area contributed by atoms with Crippen LogP contribution in [0.4, 0.5) is 11.4 Å². The molecule has 0 bridgehead atoms. The van der Waals surface area contributed by atoms with Crippen LogP contribution in [0.3, 0.4) is 0 Å². The second-order valence-corrected chi connectivity index (χ2v) is 6.87. The van der Waals surface area contributed by atoms with E-state index >= 15 is 0 Å². The van der Waals surface area contributed by atoms with Gasteiger partial charge in [-0.15, -0.1) is 0 Å². The van der Waals surface area contributed by atoms with Crippen molar-refractivity contribution in [2.45, 2.75) is 31.7 Å². The smallest absolute Gasteiger partial charge is 0.293 e. The first kappa shape index (κ1) is 19.8. The summed E-state index contributed by atoms with van der Waals surface area (Å²) in [4.78, 5) is 23.1. The summed E-state index contributed by atoms with van der Waals surface area (Å²) in [6.07, 6.45) is 3.58. The molecule has 2 aromatic rings. The molecule has 7 heteroatoms. The van der Waals surface area contributed by atoms with Crippen molar-refractivity contribution in [1.82, 2.24) is 5.32 Å². The molecule has 1 saturated carbocycles. The quantitative estimate of drug-likeness (QED) is 0.352. The first-order valence-electron chi connectivity index (χ1n) is 9.58. The van der Waals surface area contributed by atoms with Gasteiger partial charge in [0.05, 0.1) is 11.5 Å². The van der Waals surface area contributed by atoms with Gasteiger partial charge in [-0.1, -0.05) is 30.3 Å². The van der Waals surface area contributed by atoms with Gasteiger partial charge >= 0.3 is 0 Å². The lowest BCUT2D eigenvalue weighted by Gasteiger charge is -2.09. The summed E-state index contributed by atoms with van der Waals surface area (Å²) < 4.78 is 5.59. The van der Waals surface area contributed by atoms with Crippen molar-refractivity contribution >= 4 is 17.3 Å². The predicted octanol–water partition coefficient (Wildman–Crippen LogP) is 3.55. The lowest BCUT2D eigenvalue weighted by Crippen LogP contribution is -2.25. The van der Waals surface area contributed by atoms with Crippen LogP contribution < -0.4 is 10.6 Å². The fourth-order valence-electron chi connectivity index (χ4n) is 2.81. The summed E-state index contributed by atoms with van der Waals surface area (Å²) >= 11 is 0. The first-order chi connectivity index (χ1) is 13.6. The highest BCUT2D eigenvalue weighted by molar-refractivity contribution is 5.95. The minimum absolute atomic E-state index is 0.0659. The van der Waals surface area contributed by atoms with Gasteiger partial charge in [0.2, 0.25) is 0 Å². The Morgan fingerprint density at radius 2 is 1.93 bits per heavy atom. The fourth-order valence-corrected chi connectivity index (χ4v) is 2.81. The average Bonchev–Trinajstić information content (AvgIpc) is 3.52. The molecule has 3 rings (SSSR count). The van der Waals surface area contributed by atoms with E-state index in [1.807, 2.05) is 18.2 Å². The van der Waals surface area contributed by atoms with Gasteiger partial charge in [-0.2, -0.15) is 0 Å². The maximum atomic E-state index is 12.2. The predicted molar refractivity (Wildman–Crippen MR) is 108 cm³/mol. The number of hydrogen-bond acceptors (Lipinski definition) is 5. The van der Waals surface area contributed by atoms with Crippen molar-refractivity contribution in [3.8, 4) is 0 Å². The number of rotatable bonds is 11. The minimum Gasteiger partial charge on any atom is -0.381 e. The fraction of sp³-hybridized carbons (Fsp3) is 0.381. The lowest BCUT2D eigenvalue weighted by molar-refractivity contribution is -0.384. The van der Waals surface area contributed by atoms with Gasteiger partial charge < -0.3 is 15.4 Å². The third-order valence-corrected chi connectivity index (χ3v) is 4.52. The molecule has 0 spiro atoms. The molecule has 1 aliphatic carbocycles. The summed E-state index contributed by atoms with van der Waals surface area (Å²) in [5, 5.41) is 17.2. The third kappa shape index (κ3) is 6.06. The number of nitro groups is 1. The van der Waals surface area contributed by atoms with Crippen molar-refractivity contribution in [1.29, 1.82) is 0 Å². The molecule has 28 heavy (non-hydrogen) atoms. The molecule has 0 aromatic heterocycles. The summed E-state index contributed by atoms with van der Waals surface area (Å²) in [7, 11) is 0. The SMILES string of the molecule is O=C(NCCCOCCc1ccccc1)c1ccc(NC2CC2)c([N+](=O)[O-])c1. The van der Waals surface area contributed by atoms with E-state index < -0.39 is 4.92 Å². The van der Waals surface area contributed by atoms with Gasteiger partial charge in [-0.25, -0.2) is 0 Å². The van der Waals surface area contributed by atoms with Crippen LogP contribution in [0.5, 0.6) is 0 Å². The molecule has 0 saturated heterocycles. The van der Waals surface area contributed by atoms with Crippen molar-refractivity contribution in [3.63, 3.8) is 0 Å². The summed E-state index contributed by atoms with van der Waals surface area (Å²) in [6.45, 7) is 1.65. The molecule has 1 amide bonds. The molecule has 2 N–H and O–H groups in total. The number of nitrogens with one attached hydrogen (secondary N) is 2. The standard InChI is InChI=1S/C21H25N3O4/c25-21(22-12-4-13-28-14-11-16-5-2-1-3-6-16)17-7-10-19(23-18-8-9-18)20(15-17)24(26)27/h1-3,5-7,10,15,18,23H,4,8-9,11-14H2,(H,22,25). The van der Waals surface area contributed by atoms with Crippen LogP contribution in [0.15, 0.2) is 48.5 Å². The number of amides is 1. The Bertz CT molecular complexity index is 807. The van der Waals surface area contributed by atoms with Gasteiger partial charge in [-0.3, -0.25) is 14.9 Å². The Morgan fingerprint density at radius 3 is 2.64 bits per heavy atom. The van der Waals surface area contributed by atoms with Gasteiger partial charge in [-0.05, 0) is 43.4 Å².